The standard InChI is InChI=1S/C16H28N2O2/c1-5-13-14(19)17-16(3,4)15(20)18(13)10-12-9-7-6-8-11(12)2/h11-13H,5-10H2,1-4H3,(H,17,19). The topological polar surface area (TPSA) is 49.4 Å². The highest BCUT2D eigenvalue weighted by atomic mass is 16.2. The maximum absolute atomic E-state index is 12.7. The van der Waals surface area contributed by atoms with Crippen LogP contribution in [0.4, 0.5) is 0 Å². The SMILES string of the molecule is CCC1C(=O)NC(C)(C)C(=O)N1CC1CCCCC1C. The molecular weight excluding hydrogens is 252 g/mol. The minimum atomic E-state index is -0.763. The zero-order chi connectivity index (χ0) is 14.9. The first-order valence-electron chi connectivity index (χ1n) is 8.00. The van der Waals surface area contributed by atoms with Crippen molar-refractivity contribution in [1.29, 1.82) is 0 Å². The van der Waals surface area contributed by atoms with Gasteiger partial charge in [-0.1, -0.05) is 33.1 Å². The summed E-state index contributed by atoms with van der Waals surface area (Å²) in [6.45, 7) is 8.61. The third-order valence-electron chi connectivity index (χ3n) is 5.02. The molecule has 1 aliphatic carbocycles. The molecule has 114 valence electrons. The number of carbonyl (C=O) groups excluding carboxylic acids is 2. The first kappa shape index (κ1) is 15.3. The Bertz CT molecular complexity index is 392. The smallest absolute Gasteiger partial charge is 0.248 e. The van der Waals surface area contributed by atoms with E-state index in [9.17, 15) is 9.59 Å². The molecular formula is C16H28N2O2. The molecule has 0 radical (unpaired) electrons. The molecule has 0 bridgehead atoms. The number of rotatable bonds is 3. The number of nitrogens with one attached hydrogen (secondary N) is 1. The molecule has 4 heteroatoms. The van der Waals surface area contributed by atoms with Crippen LogP contribution in [0.1, 0.15) is 59.8 Å². The van der Waals surface area contributed by atoms with Crippen molar-refractivity contribution < 1.29 is 9.59 Å². The van der Waals surface area contributed by atoms with Crippen molar-refractivity contribution in [1.82, 2.24) is 10.2 Å². The summed E-state index contributed by atoms with van der Waals surface area (Å²) >= 11 is 0. The van der Waals surface area contributed by atoms with Crippen LogP contribution in [0.3, 0.4) is 0 Å². The number of piperazine rings is 1. The highest BCUT2D eigenvalue weighted by molar-refractivity contribution is 5.99. The molecule has 2 fully saturated rings. The summed E-state index contributed by atoms with van der Waals surface area (Å²) in [5.74, 6) is 1.27. The predicted molar refractivity (Wildman–Crippen MR) is 79.1 cm³/mol. The quantitative estimate of drug-likeness (QED) is 0.862. The monoisotopic (exact) mass is 280 g/mol. The van der Waals surface area contributed by atoms with Gasteiger partial charge in [0.05, 0.1) is 0 Å². The zero-order valence-corrected chi connectivity index (χ0v) is 13.2. The highest BCUT2D eigenvalue weighted by Crippen LogP contribution is 2.32. The van der Waals surface area contributed by atoms with Gasteiger partial charge in [-0.15, -0.1) is 0 Å². The number of amides is 2. The number of hydrogen-bond acceptors (Lipinski definition) is 2. The minimum absolute atomic E-state index is 0.000521. The Balaban J connectivity index is 2.16. The molecule has 2 aliphatic rings. The molecule has 0 aromatic heterocycles. The van der Waals surface area contributed by atoms with Crippen LogP contribution in [-0.4, -0.2) is 34.8 Å². The molecule has 2 amide bonds. The largest absolute Gasteiger partial charge is 0.340 e. The van der Waals surface area contributed by atoms with Gasteiger partial charge in [0.15, 0.2) is 0 Å². The van der Waals surface area contributed by atoms with E-state index in [4.69, 9.17) is 0 Å². The van der Waals surface area contributed by atoms with Crippen LogP contribution in [0.5, 0.6) is 0 Å². The van der Waals surface area contributed by atoms with E-state index >= 15 is 0 Å². The van der Waals surface area contributed by atoms with Crippen LogP contribution in [0.15, 0.2) is 0 Å². The molecule has 20 heavy (non-hydrogen) atoms. The fraction of sp³-hybridized carbons (Fsp3) is 0.875. The van der Waals surface area contributed by atoms with Gasteiger partial charge in [0.1, 0.15) is 11.6 Å². The zero-order valence-electron chi connectivity index (χ0n) is 13.2. The van der Waals surface area contributed by atoms with E-state index in [1.165, 1.54) is 25.7 Å². The molecule has 1 aliphatic heterocycles. The molecule has 1 N–H and O–H groups in total. The Morgan fingerprint density at radius 1 is 1.25 bits per heavy atom. The van der Waals surface area contributed by atoms with Crippen molar-refractivity contribution in [2.24, 2.45) is 11.8 Å². The average Bonchev–Trinajstić information content (AvgIpc) is 2.38. The van der Waals surface area contributed by atoms with Crippen LogP contribution < -0.4 is 5.32 Å². The van der Waals surface area contributed by atoms with Crippen LogP contribution in [0, 0.1) is 11.8 Å². The number of nitrogens with zero attached hydrogens (tertiary/aromatic N) is 1. The molecule has 0 aromatic rings. The van der Waals surface area contributed by atoms with Crippen molar-refractivity contribution in [3.8, 4) is 0 Å². The molecule has 4 nitrogen and oxygen atoms in total. The molecule has 3 unspecified atom stereocenters. The Labute approximate surface area is 122 Å². The lowest BCUT2D eigenvalue weighted by molar-refractivity contribution is -0.154. The summed E-state index contributed by atoms with van der Waals surface area (Å²) in [4.78, 5) is 26.7. The predicted octanol–water partition coefficient (Wildman–Crippen LogP) is 2.33. The van der Waals surface area contributed by atoms with Crippen LogP contribution >= 0.6 is 0 Å². The van der Waals surface area contributed by atoms with Crippen LogP contribution in [0.25, 0.3) is 0 Å². The lowest BCUT2D eigenvalue weighted by Crippen LogP contribution is -2.68. The maximum atomic E-state index is 12.7. The van der Waals surface area contributed by atoms with Crippen molar-refractivity contribution in [3.63, 3.8) is 0 Å². The summed E-state index contributed by atoms with van der Waals surface area (Å²) < 4.78 is 0. The van der Waals surface area contributed by atoms with E-state index in [1.807, 2.05) is 11.8 Å². The fourth-order valence-electron chi connectivity index (χ4n) is 3.62. The minimum Gasteiger partial charge on any atom is -0.340 e. The van der Waals surface area contributed by atoms with E-state index in [0.29, 0.717) is 18.3 Å². The van der Waals surface area contributed by atoms with E-state index in [2.05, 4.69) is 12.2 Å². The maximum Gasteiger partial charge on any atom is 0.248 e. The van der Waals surface area contributed by atoms with E-state index in [1.54, 1.807) is 13.8 Å². The van der Waals surface area contributed by atoms with Gasteiger partial charge in [-0.3, -0.25) is 9.59 Å². The third-order valence-corrected chi connectivity index (χ3v) is 5.02. The molecule has 0 aromatic carbocycles. The van der Waals surface area contributed by atoms with Gasteiger partial charge in [-0.25, -0.2) is 0 Å². The van der Waals surface area contributed by atoms with Crippen molar-refractivity contribution >= 4 is 11.8 Å². The van der Waals surface area contributed by atoms with Gasteiger partial charge in [-0.05, 0) is 38.5 Å². The second-order valence-electron chi connectivity index (χ2n) is 7.02. The second kappa shape index (κ2) is 5.74. The van der Waals surface area contributed by atoms with Crippen LogP contribution in [0.2, 0.25) is 0 Å². The summed E-state index contributed by atoms with van der Waals surface area (Å²) in [6, 6.07) is -0.287. The third kappa shape index (κ3) is 2.84. The normalized spacial score (nSPS) is 34.0. The van der Waals surface area contributed by atoms with Gasteiger partial charge in [-0.2, -0.15) is 0 Å². The van der Waals surface area contributed by atoms with Crippen molar-refractivity contribution in [2.45, 2.75) is 71.4 Å². The molecule has 1 saturated heterocycles. The molecule has 1 heterocycles. The van der Waals surface area contributed by atoms with E-state index < -0.39 is 5.54 Å². The molecule has 1 saturated carbocycles. The Morgan fingerprint density at radius 2 is 1.90 bits per heavy atom. The molecule has 3 atom stereocenters. The van der Waals surface area contributed by atoms with Gasteiger partial charge in [0.25, 0.3) is 0 Å². The Morgan fingerprint density at radius 3 is 2.50 bits per heavy atom. The highest BCUT2D eigenvalue weighted by Gasteiger charge is 2.45. The first-order chi connectivity index (χ1) is 9.36. The summed E-state index contributed by atoms with van der Waals surface area (Å²) in [5, 5.41) is 2.85. The lowest BCUT2D eigenvalue weighted by Gasteiger charge is -2.45. The summed E-state index contributed by atoms with van der Waals surface area (Å²) in [5.41, 5.74) is -0.763. The number of carbonyl (C=O) groups is 2. The molecule has 2 rings (SSSR count). The van der Waals surface area contributed by atoms with Crippen molar-refractivity contribution in [3.05, 3.63) is 0 Å². The summed E-state index contributed by atoms with van der Waals surface area (Å²) in [7, 11) is 0. The van der Waals surface area contributed by atoms with E-state index in [-0.39, 0.29) is 17.9 Å². The van der Waals surface area contributed by atoms with Gasteiger partial charge in [0, 0.05) is 6.54 Å². The summed E-state index contributed by atoms with van der Waals surface area (Å²) in [6.07, 6.45) is 5.68. The van der Waals surface area contributed by atoms with Crippen LogP contribution in [-0.2, 0) is 9.59 Å². The first-order valence-corrected chi connectivity index (χ1v) is 8.00. The van der Waals surface area contributed by atoms with Crippen molar-refractivity contribution in [2.75, 3.05) is 6.54 Å². The van der Waals surface area contributed by atoms with Gasteiger partial charge in [0.2, 0.25) is 11.8 Å². The average molecular weight is 280 g/mol. The van der Waals surface area contributed by atoms with Gasteiger partial charge >= 0.3 is 0 Å². The molecule has 0 spiro atoms. The number of hydrogen-bond donors (Lipinski definition) is 1. The fourth-order valence-corrected chi connectivity index (χ4v) is 3.62. The van der Waals surface area contributed by atoms with E-state index in [0.717, 1.165) is 6.54 Å². The van der Waals surface area contributed by atoms with Gasteiger partial charge < -0.3 is 10.2 Å². The lowest BCUT2D eigenvalue weighted by atomic mass is 9.79. The second-order valence-corrected chi connectivity index (χ2v) is 7.02. The Kier molecular flexibility index (Phi) is 4.40. The Hall–Kier alpha value is -1.06.